The van der Waals surface area contributed by atoms with Crippen molar-refractivity contribution in [2.24, 2.45) is 5.92 Å². The predicted molar refractivity (Wildman–Crippen MR) is 83.6 cm³/mol. The number of carboxylic acid groups (broad SMARTS) is 1. The summed E-state index contributed by atoms with van der Waals surface area (Å²) in [5, 5.41) is 11.8. The number of benzene rings is 1. The minimum atomic E-state index is -1.17. The van der Waals surface area contributed by atoms with Crippen LogP contribution in [0.2, 0.25) is 5.02 Å². The lowest BCUT2D eigenvalue weighted by atomic mass is 10.1. The van der Waals surface area contributed by atoms with E-state index in [4.69, 9.17) is 21.4 Å². The van der Waals surface area contributed by atoms with Crippen LogP contribution in [-0.4, -0.2) is 54.6 Å². The molecule has 1 aromatic carbocycles. The summed E-state index contributed by atoms with van der Waals surface area (Å²) in [5.41, 5.74) is 0.244. The fourth-order valence-electron chi connectivity index (χ4n) is 2.38. The summed E-state index contributed by atoms with van der Waals surface area (Å²) < 4.78 is 4.93. The predicted octanol–water partition coefficient (Wildman–Crippen LogP) is 1.47. The van der Waals surface area contributed by atoms with E-state index in [0.717, 1.165) is 0 Å². The van der Waals surface area contributed by atoms with Crippen LogP contribution < -0.4 is 5.32 Å². The number of ether oxygens (including phenoxy) is 1. The van der Waals surface area contributed by atoms with Crippen LogP contribution in [0.4, 0.5) is 5.69 Å². The molecule has 0 saturated carbocycles. The Kier molecular flexibility index (Phi) is 5.57. The van der Waals surface area contributed by atoms with Gasteiger partial charge in [-0.2, -0.15) is 0 Å². The van der Waals surface area contributed by atoms with E-state index >= 15 is 0 Å². The summed E-state index contributed by atoms with van der Waals surface area (Å²) in [6, 6.07) is 4.22. The number of nitrogens with one attached hydrogen (secondary N) is 1. The average Bonchev–Trinajstić information content (AvgIpc) is 2.88. The molecule has 1 aromatic rings. The molecule has 0 aromatic heterocycles. The van der Waals surface area contributed by atoms with Crippen LogP contribution in [-0.2, 0) is 14.3 Å². The van der Waals surface area contributed by atoms with E-state index in [1.54, 1.807) is 12.0 Å². The number of likely N-dealkylation sites (tertiary alicyclic amines) is 1. The van der Waals surface area contributed by atoms with E-state index in [2.05, 4.69) is 5.32 Å². The van der Waals surface area contributed by atoms with E-state index in [9.17, 15) is 14.4 Å². The quantitative estimate of drug-likeness (QED) is 0.817. The van der Waals surface area contributed by atoms with Gasteiger partial charge in [0.05, 0.1) is 23.1 Å². The Bertz CT molecular complexity index is 634. The number of hydrogen-bond acceptors (Lipinski definition) is 4. The van der Waals surface area contributed by atoms with Crippen molar-refractivity contribution in [3.63, 3.8) is 0 Å². The monoisotopic (exact) mass is 340 g/mol. The minimum Gasteiger partial charge on any atom is -0.478 e. The van der Waals surface area contributed by atoms with Gasteiger partial charge in [0.2, 0.25) is 11.8 Å². The zero-order chi connectivity index (χ0) is 17.0. The van der Waals surface area contributed by atoms with Gasteiger partial charge in [-0.25, -0.2) is 4.79 Å². The maximum atomic E-state index is 12.2. The number of nitrogens with zero attached hydrogens (tertiary/aromatic N) is 1. The molecule has 0 spiro atoms. The smallest absolute Gasteiger partial charge is 0.337 e. The summed E-state index contributed by atoms with van der Waals surface area (Å²) in [5.74, 6) is -2.06. The van der Waals surface area contributed by atoms with Gasteiger partial charge in [0.15, 0.2) is 0 Å². The number of amides is 2. The average molecular weight is 341 g/mol. The summed E-state index contributed by atoms with van der Waals surface area (Å²) >= 11 is 5.78. The van der Waals surface area contributed by atoms with Crippen molar-refractivity contribution in [3.8, 4) is 0 Å². The van der Waals surface area contributed by atoms with E-state index in [1.807, 2.05) is 0 Å². The zero-order valence-corrected chi connectivity index (χ0v) is 13.3. The number of halogens is 1. The maximum absolute atomic E-state index is 12.2. The van der Waals surface area contributed by atoms with Gasteiger partial charge in [-0.05, 0) is 18.2 Å². The molecule has 2 N–H and O–H groups in total. The highest BCUT2D eigenvalue weighted by molar-refractivity contribution is 6.33. The molecule has 1 heterocycles. The minimum absolute atomic E-state index is 0.0892. The van der Waals surface area contributed by atoms with Crippen LogP contribution in [0.15, 0.2) is 18.2 Å². The van der Waals surface area contributed by atoms with Crippen molar-refractivity contribution < 1.29 is 24.2 Å². The SMILES string of the molecule is COCCN1CC(C(=O)Nc2ccc(Cl)c(C(=O)O)c2)CC1=O. The number of hydrogen-bond donors (Lipinski definition) is 2. The first-order valence-electron chi connectivity index (χ1n) is 7.02. The Hall–Kier alpha value is -2.12. The molecule has 2 rings (SSSR count). The van der Waals surface area contributed by atoms with Crippen LogP contribution in [0.1, 0.15) is 16.8 Å². The van der Waals surface area contributed by atoms with Crippen molar-refractivity contribution in [2.45, 2.75) is 6.42 Å². The van der Waals surface area contributed by atoms with Crippen molar-refractivity contribution in [3.05, 3.63) is 28.8 Å². The first-order chi connectivity index (χ1) is 10.9. The molecule has 0 aliphatic carbocycles. The molecule has 23 heavy (non-hydrogen) atoms. The highest BCUT2D eigenvalue weighted by Gasteiger charge is 2.34. The molecule has 1 unspecified atom stereocenters. The molecule has 0 bridgehead atoms. The number of carbonyl (C=O) groups is 3. The molecule has 1 saturated heterocycles. The number of carbonyl (C=O) groups excluding carboxylic acids is 2. The van der Waals surface area contributed by atoms with Crippen LogP contribution in [0.5, 0.6) is 0 Å². The fraction of sp³-hybridized carbons (Fsp3) is 0.400. The first-order valence-corrected chi connectivity index (χ1v) is 7.40. The molecule has 1 aliphatic heterocycles. The molecule has 7 nitrogen and oxygen atoms in total. The molecule has 2 amide bonds. The molecule has 124 valence electrons. The third-order valence-electron chi connectivity index (χ3n) is 3.61. The van der Waals surface area contributed by atoms with Gasteiger partial charge in [0.25, 0.3) is 0 Å². The number of aromatic carboxylic acids is 1. The Morgan fingerprint density at radius 3 is 2.87 bits per heavy atom. The standard InChI is InChI=1S/C15H17ClN2O5/c1-23-5-4-18-8-9(6-13(18)19)14(20)17-10-2-3-12(16)11(7-10)15(21)22/h2-3,7,9H,4-6,8H2,1H3,(H,17,20)(H,21,22). The summed E-state index contributed by atoms with van der Waals surface area (Å²) in [6.45, 7) is 1.19. The van der Waals surface area contributed by atoms with Crippen molar-refractivity contribution >= 4 is 35.1 Å². The van der Waals surface area contributed by atoms with Crippen molar-refractivity contribution in [1.29, 1.82) is 0 Å². The van der Waals surface area contributed by atoms with E-state index in [1.165, 1.54) is 18.2 Å². The van der Waals surface area contributed by atoms with Crippen LogP contribution in [0.3, 0.4) is 0 Å². The third-order valence-corrected chi connectivity index (χ3v) is 3.94. The summed E-state index contributed by atoms with van der Waals surface area (Å²) in [7, 11) is 1.55. The Morgan fingerprint density at radius 1 is 1.48 bits per heavy atom. The topological polar surface area (TPSA) is 95.9 Å². The zero-order valence-electron chi connectivity index (χ0n) is 12.5. The van der Waals surface area contributed by atoms with Gasteiger partial charge in [0, 0.05) is 32.3 Å². The van der Waals surface area contributed by atoms with Crippen molar-refractivity contribution in [1.82, 2.24) is 4.90 Å². The number of rotatable bonds is 6. The van der Waals surface area contributed by atoms with Gasteiger partial charge >= 0.3 is 5.97 Å². The second-order valence-corrected chi connectivity index (χ2v) is 5.63. The van der Waals surface area contributed by atoms with Gasteiger partial charge in [-0.1, -0.05) is 11.6 Å². The van der Waals surface area contributed by atoms with Crippen LogP contribution >= 0.6 is 11.6 Å². The van der Waals surface area contributed by atoms with Crippen LogP contribution in [0, 0.1) is 5.92 Å². The van der Waals surface area contributed by atoms with Gasteiger partial charge in [0.1, 0.15) is 0 Å². The largest absolute Gasteiger partial charge is 0.478 e. The van der Waals surface area contributed by atoms with E-state index in [-0.39, 0.29) is 28.8 Å². The van der Waals surface area contributed by atoms with E-state index < -0.39 is 11.9 Å². The molecular weight excluding hydrogens is 324 g/mol. The Labute approximate surface area is 138 Å². The van der Waals surface area contributed by atoms with E-state index in [0.29, 0.717) is 25.4 Å². The number of carboxylic acids is 1. The Balaban J connectivity index is 2.01. The number of anilines is 1. The van der Waals surface area contributed by atoms with Gasteiger partial charge in [-0.3, -0.25) is 9.59 Å². The lowest BCUT2D eigenvalue weighted by molar-refractivity contribution is -0.128. The number of methoxy groups -OCH3 is 1. The third kappa shape index (κ3) is 4.20. The maximum Gasteiger partial charge on any atom is 0.337 e. The van der Waals surface area contributed by atoms with Crippen LogP contribution in [0.25, 0.3) is 0 Å². The molecule has 1 atom stereocenters. The molecular formula is C15H17ClN2O5. The normalized spacial score (nSPS) is 17.4. The highest BCUT2D eigenvalue weighted by Crippen LogP contribution is 2.23. The molecule has 1 aliphatic rings. The molecule has 8 heteroatoms. The second-order valence-electron chi connectivity index (χ2n) is 5.22. The molecule has 0 radical (unpaired) electrons. The highest BCUT2D eigenvalue weighted by atomic mass is 35.5. The lowest BCUT2D eigenvalue weighted by Crippen LogP contribution is -2.30. The van der Waals surface area contributed by atoms with Gasteiger partial charge < -0.3 is 20.1 Å². The molecule has 1 fully saturated rings. The summed E-state index contributed by atoms with van der Waals surface area (Å²) in [4.78, 5) is 36.7. The fourth-order valence-corrected chi connectivity index (χ4v) is 2.57. The first kappa shape index (κ1) is 17.2. The van der Waals surface area contributed by atoms with Gasteiger partial charge in [-0.15, -0.1) is 0 Å². The Morgan fingerprint density at radius 2 is 2.22 bits per heavy atom. The summed E-state index contributed by atoms with van der Waals surface area (Å²) in [6.07, 6.45) is 0.134. The van der Waals surface area contributed by atoms with Crippen molar-refractivity contribution in [2.75, 3.05) is 32.1 Å². The lowest BCUT2D eigenvalue weighted by Gasteiger charge is -2.16. The second kappa shape index (κ2) is 7.43.